The number of carbonyl (C=O) groups excluding carboxylic acids is 1. The molecule has 1 unspecified atom stereocenters. The largest absolute Gasteiger partial charge is 0.376 e. The van der Waals surface area contributed by atoms with E-state index in [1.807, 2.05) is 31.2 Å². The molecule has 0 radical (unpaired) electrons. The molecule has 1 fully saturated rings. The standard InChI is InChI=1S/C23H38N4O2.HI/c1-4-18(2)27-22(28)20-11-9-10-19(16-20)17-26-23(24-3)25-14-15-29-21-12-7-5-6-8-13-21;/h9-11,16,18,21H,4-8,12-15,17H2,1-3H3,(H,27,28)(H2,24,25,26);1H. The summed E-state index contributed by atoms with van der Waals surface area (Å²) in [7, 11) is 1.76. The molecule has 1 atom stereocenters. The van der Waals surface area contributed by atoms with Gasteiger partial charge in [0.1, 0.15) is 0 Å². The minimum Gasteiger partial charge on any atom is -0.376 e. The Bertz CT molecular complexity index is 646. The first-order chi connectivity index (χ1) is 14.1. The third kappa shape index (κ3) is 10.1. The molecule has 0 saturated heterocycles. The van der Waals surface area contributed by atoms with Crippen molar-refractivity contribution in [1.82, 2.24) is 16.0 Å². The van der Waals surface area contributed by atoms with Crippen LogP contribution >= 0.6 is 24.0 Å². The summed E-state index contributed by atoms with van der Waals surface area (Å²) in [4.78, 5) is 16.6. The zero-order chi connectivity index (χ0) is 20.9. The van der Waals surface area contributed by atoms with Crippen LogP contribution in [0.15, 0.2) is 29.3 Å². The van der Waals surface area contributed by atoms with E-state index in [4.69, 9.17) is 4.74 Å². The van der Waals surface area contributed by atoms with Crippen LogP contribution < -0.4 is 16.0 Å². The molecule has 0 aliphatic heterocycles. The molecule has 0 aromatic heterocycles. The SMILES string of the molecule is CCC(C)NC(=O)c1cccc(CNC(=NC)NCCOC2CCCCCC2)c1.I. The van der Waals surface area contributed by atoms with E-state index in [2.05, 4.69) is 27.9 Å². The molecular formula is C23H39IN4O2. The summed E-state index contributed by atoms with van der Waals surface area (Å²) in [5, 5.41) is 9.61. The molecule has 2 rings (SSSR count). The van der Waals surface area contributed by atoms with E-state index < -0.39 is 0 Å². The zero-order valence-electron chi connectivity index (χ0n) is 18.7. The molecular weight excluding hydrogens is 491 g/mol. The third-order valence-corrected chi connectivity index (χ3v) is 5.41. The lowest BCUT2D eigenvalue weighted by molar-refractivity contribution is 0.0468. The van der Waals surface area contributed by atoms with Gasteiger partial charge in [-0.3, -0.25) is 9.79 Å². The fourth-order valence-corrected chi connectivity index (χ4v) is 3.44. The first kappa shape index (κ1) is 26.7. The van der Waals surface area contributed by atoms with E-state index in [1.54, 1.807) is 7.05 Å². The smallest absolute Gasteiger partial charge is 0.251 e. The number of carbonyl (C=O) groups is 1. The minimum absolute atomic E-state index is 0. The molecule has 1 aliphatic carbocycles. The topological polar surface area (TPSA) is 74.8 Å². The normalized spacial score (nSPS) is 16.2. The number of benzene rings is 1. The van der Waals surface area contributed by atoms with Crippen LogP contribution in [0.3, 0.4) is 0 Å². The van der Waals surface area contributed by atoms with Gasteiger partial charge in [-0.05, 0) is 43.9 Å². The van der Waals surface area contributed by atoms with Gasteiger partial charge in [-0.1, -0.05) is 44.7 Å². The lowest BCUT2D eigenvalue weighted by Crippen LogP contribution is -2.39. The molecule has 1 aromatic rings. The average Bonchev–Trinajstić information content (AvgIpc) is 3.02. The van der Waals surface area contributed by atoms with Gasteiger partial charge < -0.3 is 20.7 Å². The van der Waals surface area contributed by atoms with E-state index in [9.17, 15) is 4.79 Å². The van der Waals surface area contributed by atoms with Crippen LogP contribution in [0, 0.1) is 0 Å². The highest BCUT2D eigenvalue weighted by atomic mass is 127. The highest BCUT2D eigenvalue weighted by Gasteiger charge is 2.12. The molecule has 1 saturated carbocycles. The predicted octanol–water partition coefficient (Wildman–Crippen LogP) is 4.24. The van der Waals surface area contributed by atoms with Crippen molar-refractivity contribution in [1.29, 1.82) is 0 Å². The predicted molar refractivity (Wildman–Crippen MR) is 135 cm³/mol. The molecule has 3 N–H and O–H groups in total. The Morgan fingerprint density at radius 1 is 1.20 bits per heavy atom. The molecule has 30 heavy (non-hydrogen) atoms. The lowest BCUT2D eigenvalue weighted by atomic mass is 10.1. The van der Waals surface area contributed by atoms with Crippen LogP contribution in [0.2, 0.25) is 0 Å². The second kappa shape index (κ2) is 15.5. The number of nitrogens with zero attached hydrogens (tertiary/aromatic N) is 1. The van der Waals surface area contributed by atoms with Crippen molar-refractivity contribution in [2.75, 3.05) is 20.2 Å². The second-order valence-electron chi connectivity index (χ2n) is 7.82. The molecule has 6 nitrogen and oxygen atoms in total. The monoisotopic (exact) mass is 530 g/mol. The summed E-state index contributed by atoms with van der Waals surface area (Å²) in [5.41, 5.74) is 1.73. The number of nitrogens with one attached hydrogen (secondary N) is 3. The van der Waals surface area contributed by atoms with Crippen LogP contribution in [0.1, 0.15) is 74.7 Å². The maximum absolute atomic E-state index is 12.3. The van der Waals surface area contributed by atoms with Gasteiger partial charge in [0.2, 0.25) is 0 Å². The van der Waals surface area contributed by atoms with Crippen LogP contribution in [0.5, 0.6) is 0 Å². The van der Waals surface area contributed by atoms with Gasteiger partial charge >= 0.3 is 0 Å². The first-order valence-corrected chi connectivity index (χ1v) is 11.1. The second-order valence-corrected chi connectivity index (χ2v) is 7.82. The van der Waals surface area contributed by atoms with E-state index in [1.165, 1.54) is 38.5 Å². The van der Waals surface area contributed by atoms with Crippen molar-refractivity contribution >= 4 is 35.8 Å². The third-order valence-electron chi connectivity index (χ3n) is 5.41. The molecule has 1 aliphatic rings. The Kier molecular flexibility index (Phi) is 13.7. The van der Waals surface area contributed by atoms with Crippen molar-refractivity contribution in [3.05, 3.63) is 35.4 Å². The van der Waals surface area contributed by atoms with Gasteiger partial charge in [-0.2, -0.15) is 0 Å². The first-order valence-electron chi connectivity index (χ1n) is 11.1. The quantitative estimate of drug-likeness (QED) is 0.147. The van der Waals surface area contributed by atoms with Gasteiger partial charge in [0.05, 0.1) is 12.7 Å². The summed E-state index contributed by atoms with van der Waals surface area (Å²) in [6, 6.07) is 7.87. The molecule has 1 aromatic carbocycles. The summed E-state index contributed by atoms with van der Waals surface area (Å²) in [6.45, 7) is 6.10. The van der Waals surface area contributed by atoms with Gasteiger partial charge in [-0.15, -0.1) is 24.0 Å². The number of amides is 1. The molecule has 0 bridgehead atoms. The number of halogens is 1. The van der Waals surface area contributed by atoms with Crippen LogP contribution in [-0.4, -0.2) is 44.2 Å². The number of hydrogen-bond donors (Lipinski definition) is 3. The van der Waals surface area contributed by atoms with Gasteiger partial charge in [0.15, 0.2) is 5.96 Å². The number of hydrogen-bond acceptors (Lipinski definition) is 3. The highest BCUT2D eigenvalue weighted by Crippen LogP contribution is 2.19. The Balaban J connectivity index is 0.00000450. The summed E-state index contributed by atoms with van der Waals surface area (Å²) >= 11 is 0. The van der Waals surface area contributed by atoms with Crippen molar-refractivity contribution in [2.24, 2.45) is 4.99 Å². The van der Waals surface area contributed by atoms with E-state index in [0.717, 1.165) is 24.5 Å². The van der Waals surface area contributed by atoms with Crippen LogP contribution in [0.25, 0.3) is 0 Å². The average molecular weight is 530 g/mol. The Labute approximate surface area is 199 Å². The summed E-state index contributed by atoms with van der Waals surface area (Å²) in [5.74, 6) is 0.711. The van der Waals surface area contributed by atoms with E-state index in [0.29, 0.717) is 24.8 Å². The maximum atomic E-state index is 12.3. The van der Waals surface area contributed by atoms with Crippen LogP contribution in [0.4, 0.5) is 0 Å². The molecule has 0 spiro atoms. The minimum atomic E-state index is -0.0284. The Morgan fingerprint density at radius 2 is 1.93 bits per heavy atom. The Morgan fingerprint density at radius 3 is 2.60 bits per heavy atom. The Hall–Kier alpha value is -1.35. The maximum Gasteiger partial charge on any atom is 0.251 e. The van der Waals surface area contributed by atoms with Gasteiger partial charge in [-0.25, -0.2) is 0 Å². The zero-order valence-corrected chi connectivity index (χ0v) is 21.0. The molecule has 1 amide bonds. The number of aliphatic imine (C=N–C) groups is 1. The summed E-state index contributed by atoms with van der Waals surface area (Å²) < 4.78 is 6.01. The number of rotatable bonds is 9. The van der Waals surface area contributed by atoms with E-state index in [-0.39, 0.29) is 35.9 Å². The molecule has 170 valence electrons. The highest BCUT2D eigenvalue weighted by molar-refractivity contribution is 14.0. The fourth-order valence-electron chi connectivity index (χ4n) is 3.44. The van der Waals surface area contributed by atoms with E-state index >= 15 is 0 Å². The van der Waals surface area contributed by atoms with Crippen molar-refractivity contribution in [3.8, 4) is 0 Å². The number of ether oxygens (including phenoxy) is 1. The van der Waals surface area contributed by atoms with Gasteiger partial charge in [0.25, 0.3) is 5.91 Å². The number of guanidine groups is 1. The molecule has 0 heterocycles. The van der Waals surface area contributed by atoms with Crippen molar-refractivity contribution in [3.63, 3.8) is 0 Å². The lowest BCUT2D eigenvalue weighted by Gasteiger charge is -2.17. The summed E-state index contributed by atoms with van der Waals surface area (Å²) in [6.07, 6.45) is 8.97. The van der Waals surface area contributed by atoms with Gasteiger partial charge in [0, 0.05) is 31.7 Å². The fraction of sp³-hybridized carbons (Fsp3) is 0.652. The van der Waals surface area contributed by atoms with Crippen LogP contribution in [-0.2, 0) is 11.3 Å². The molecule has 7 heteroatoms. The van der Waals surface area contributed by atoms with Crippen molar-refractivity contribution < 1.29 is 9.53 Å². The van der Waals surface area contributed by atoms with Crippen molar-refractivity contribution in [2.45, 2.75) is 77.5 Å².